The van der Waals surface area contributed by atoms with E-state index in [0.29, 0.717) is 5.57 Å². The summed E-state index contributed by atoms with van der Waals surface area (Å²) in [5.41, 5.74) is 4.06. The van der Waals surface area contributed by atoms with Gasteiger partial charge < -0.3 is 4.74 Å². The quantitative estimate of drug-likeness (QED) is 0.261. The molecule has 0 radical (unpaired) electrons. The highest BCUT2D eigenvalue weighted by Gasteiger charge is 1.99. The topological polar surface area (TPSA) is 26.3 Å². The normalized spacial score (nSPS) is 7.91. The van der Waals surface area contributed by atoms with E-state index in [2.05, 4.69) is 17.0 Å². The number of esters is 1. The third-order valence-electron chi connectivity index (χ3n) is 1.03. The van der Waals surface area contributed by atoms with Crippen LogP contribution < -0.4 is 0 Å². The molecule has 0 atom stereocenters. The number of hydrogen-bond acceptors (Lipinski definition) is 2. The first kappa shape index (κ1) is 9.73. The molecule has 0 rings (SSSR count). The molecule has 0 aliphatic heterocycles. The summed E-state index contributed by atoms with van der Waals surface area (Å²) >= 11 is 0. The summed E-state index contributed by atoms with van der Waals surface area (Å²) in [6.07, 6.45) is 1.65. The highest BCUT2D eigenvalue weighted by molar-refractivity contribution is 5.87. The van der Waals surface area contributed by atoms with Crippen LogP contribution in [0.2, 0.25) is 0 Å². The van der Waals surface area contributed by atoms with Crippen LogP contribution in [0, 0.1) is 0 Å². The maximum absolute atomic E-state index is 10.8. The Hall–Kier alpha value is -1.27. The van der Waals surface area contributed by atoms with Crippen LogP contribution in [-0.2, 0) is 9.53 Å². The Morgan fingerprint density at radius 1 is 1.55 bits per heavy atom. The van der Waals surface area contributed by atoms with Crippen molar-refractivity contribution in [3.05, 3.63) is 29.5 Å². The molecule has 2 heteroatoms. The van der Waals surface area contributed by atoms with Crippen LogP contribution in [0.1, 0.15) is 13.8 Å². The van der Waals surface area contributed by atoms with Crippen molar-refractivity contribution in [2.45, 2.75) is 13.8 Å². The van der Waals surface area contributed by atoms with E-state index >= 15 is 0 Å². The summed E-state index contributed by atoms with van der Waals surface area (Å²) in [7, 11) is 1.34. The largest absolute Gasteiger partial charge is 0.465 e. The average molecular weight is 152 g/mol. The lowest BCUT2D eigenvalue weighted by molar-refractivity contribution is -0.136. The number of hydrogen-bond donors (Lipinski definition) is 0. The molecule has 0 unspecified atom stereocenters. The van der Waals surface area contributed by atoms with E-state index in [4.69, 9.17) is 0 Å². The van der Waals surface area contributed by atoms with Gasteiger partial charge in [-0.1, -0.05) is 12.2 Å². The van der Waals surface area contributed by atoms with E-state index in [-0.39, 0.29) is 5.97 Å². The molecule has 0 aromatic rings. The molecule has 0 aromatic heterocycles. The first-order valence-electron chi connectivity index (χ1n) is 3.25. The van der Waals surface area contributed by atoms with E-state index in [1.165, 1.54) is 7.11 Å². The van der Waals surface area contributed by atoms with Gasteiger partial charge in [0.2, 0.25) is 0 Å². The Kier molecular flexibility index (Phi) is 4.01. The zero-order valence-corrected chi connectivity index (χ0v) is 7.10. The minimum Gasteiger partial charge on any atom is -0.465 e. The van der Waals surface area contributed by atoms with Crippen LogP contribution in [0.15, 0.2) is 29.5 Å². The van der Waals surface area contributed by atoms with E-state index in [9.17, 15) is 4.79 Å². The lowest BCUT2D eigenvalue weighted by Crippen LogP contribution is -1.99. The van der Waals surface area contributed by atoms with Gasteiger partial charge >= 0.3 is 5.97 Å². The molecule has 0 fully saturated rings. The average Bonchev–Trinajstić information content (AvgIpc) is 1.98. The standard InChI is InChI=1S/C9H12O2/c1-7(2)5-6-8(3)9(10)11-4/h5H,1H2,2-4H3. The molecule has 0 saturated heterocycles. The smallest absolute Gasteiger partial charge is 0.341 e. The van der Waals surface area contributed by atoms with Crippen molar-refractivity contribution >= 4 is 5.97 Å². The minimum atomic E-state index is -0.359. The zero-order valence-electron chi connectivity index (χ0n) is 7.10. The minimum absolute atomic E-state index is 0.359. The first-order valence-corrected chi connectivity index (χ1v) is 3.25. The molecule has 0 saturated carbocycles. The van der Waals surface area contributed by atoms with Crippen LogP contribution in [0.5, 0.6) is 0 Å². The molecule has 60 valence electrons. The van der Waals surface area contributed by atoms with Crippen molar-refractivity contribution < 1.29 is 9.53 Å². The fraction of sp³-hybridized carbons (Fsp3) is 0.333. The van der Waals surface area contributed by atoms with Gasteiger partial charge in [-0.2, -0.15) is 0 Å². The van der Waals surface area contributed by atoms with Gasteiger partial charge in [0.05, 0.1) is 12.7 Å². The monoisotopic (exact) mass is 152 g/mol. The summed E-state index contributed by atoms with van der Waals surface area (Å²) in [5.74, 6) is -0.359. The van der Waals surface area contributed by atoms with Crippen LogP contribution in [0.3, 0.4) is 0 Å². The van der Waals surface area contributed by atoms with Crippen LogP contribution in [-0.4, -0.2) is 13.1 Å². The van der Waals surface area contributed by atoms with Crippen molar-refractivity contribution in [3.8, 4) is 0 Å². The van der Waals surface area contributed by atoms with Crippen LogP contribution in [0.4, 0.5) is 0 Å². The van der Waals surface area contributed by atoms with Gasteiger partial charge in [-0.15, -0.1) is 5.73 Å². The second kappa shape index (κ2) is 4.53. The molecule has 0 aromatic carbocycles. The molecule has 11 heavy (non-hydrogen) atoms. The van der Waals surface area contributed by atoms with E-state index in [1.54, 1.807) is 13.0 Å². The second-order valence-corrected chi connectivity index (χ2v) is 2.25. The molecule has 0 aliphatic rings. The Balaban J connectivity index is 4.45. The van der Waals surface area contributed by atoms with E-state index in [1.807, 2.05) is 6.92 Å². The van der Waals surface area contributed by atoms with Gasteiger partial charge in [-0.3, -0.25) is 0 Å². The number of rotatable bonds is 2. The van der Waals surface area contributed by atoms with Crippen LogP contribution in [0.25, 0.3) is 0 Å². The second-order valence-electron chi connectivity index (χ2n) is 2.25. The molecular weight excluding hydrogens is 140 g/mol. The third-order valence-corrected chi connectivity index (χ3v) is 1.03. The summed E-state index contributed by atoms with van der Waals surface area (Å²) in [5, 5.41) is 0. The zero-order chi connectivity index (χ0) is 8.85. The summed E-state index contributed by atoms with van der Waals surface area (Å²) < 4.78 is 4.46. The molecule has 0 N–H and O–H groups in total. The Morgan fingerprint density at radius 3 is 2.45 bits per heavy atom. The van der Waals surface area contributed by atoms with E-state index < -0.39 is 0 Å². The molecule has 0 spiro atoms. The first-order chi connectivity index (χ1) is 5.07. The third kappa shape index (κ3) is 4.18. The summed E-state index contributed by atoms with van der Waals surface area (Å²) in [6, 6.07) is 0. The van der Waals surface area contributed by atoms with Gasteiger partial charge in [0.25, 0.3) is 0 Å². The van der Waals surface area contributed by atoms with Gasteiger partial charge in [0.1, 0.15) is 0 Å². The highest BCUT2D eigenvalue weighted by Crippen LogP contribution is 1.94. The molecule has 0 amide bonds. The van der Waals surface area contributed by atoms with Crippen molar-refractivity contribution in [1.29, 1.82) is 0 Å². The Labute approximate surface area is 66.9 Å². The number of carbonyl (C=O) groups is 1. The van der Waals surface area contributed by atoms with Gasteiger partial charge in [-0.25, -0.2) is 4.79 Å². The molecule has 0 bridgehead atoms. The maximum Gasteiger partial charge on any atom is 0.341 e. The predicted octanol–water partition coefficient (Wildman–Crippen LogP) is 1.84. The van der Waals surface area contributed by atoms with E-state index in [0.717, 1.165) is 5.57 Å². The number of allylic oxidation sites excluding steroid dienone is 1. The van der Waals surface area contributed by atoms with Crippen molar-refractivity contribution in [3.63, 3.8) is 0 Å². The lowest BCUT2D eigenvalue weighted by atomic mass is 10.3. The van der Waals surface area contributed by atoms with Crippen LogP contribution >= 0.6 is 0 Å². The molecule has 0 aliphatic carbocycles. The fourth-order valence-electron chi connectivity index (χ4n) is 0.443. The summed E-state index contributed by atoms with van der Waals surface area (Å²) in [4.78, 5) is 10.8. The molecular formula is C9H12O2. The van der Waals surface area contributed by atoms with Crippen molar-refractivity contribution in [1.82, 2.24) is 0 Å². The van der Waals surface area contributed by atoms with Crippen molar-refractivity contribution in [2.75, 3.05) is 7.11 Å². The maximum atomic E-state index is 10.8. The van der Waals surface area contributed by atoms with Crippen molar-refractivity contribution in [2.24, 2.45) is 0 Å². The molecule has 2 nitrogen and oxygen atoms in total. The highest BCUT2D eigenvalue weighted by atomic mass is 16.5. The number of ether oxygens (including phenoxy) is 1. The Morgan fingerprint density at radius 2 is 2.09 bits per heavy atom. The van der Waals surface area contributed by atoms with Gasteiger partial charge in [-0.05, 0) is 19.9 Å². The summed E-state index contributed by atoms with van der Waals surface area (Å²) in [6.45, 7) is 7.10. The van der Waals surface area contributed by atoms with Gasteiger partial charge in [0.15, 0.2) is 0 Å². The fourth-order valence-corrected chi connectivity index (χ4v) is 0.443. The number of carbonyl (C=O) groups excluding carboxylic acids is 1. The molecule has 0 heterocycles. The van der Waals surface area contributed by atoms with Gasteiger partial charge in [0, 0.05) is 0 Å². The SMILES string of the molecule is C=C(C)C=C=C(C)C(=O)OC. The number of methoxy groups -OCH3 is 1. The Bertz CT molecular complexity index is 230. The predicted molar refractivity (Wildman–Crippen MR) is 44.1 cm³/mol. The lowest BCUT2D eigenvalue weighted by Gasteiger charge is -1.92.